The number of nitrogens with one attached hydrogen (secondary N) is 1. The number of nitrogens with zero attached hydrogens (tertiary/aromatic N) is 4. The highest BCUT2D eigenvalue weighted by atomic mass is 16.3. The molecular formula is C20H25N5O. The zero-order valence-corrected chi connectivity index (χ0v) is 15.0. The second kappa shape index (κ2) is 7.43. The summed E-state index contributed by atoms with van der Waals surface area (Å²) in [4.78, 5) is 4.09. The summed E-state index contributed by atoms with van der Waals surface area (Å²) in [6.07, 6.45) is 8.94. The Balaban J connectivity index is 1.39. The maximum Gasteiger partial charge on any atom is 0.0945 e. The highest BCUT2D eigenvalue weighted by Crippen LogP contribution is 2.28. The molecule has 1 aromatic carbocycles. The number of imidazole rings is 1. The van der Waals surface area contributed by atoms with Crippen LogP contribution in [-0.2, 0) is 13.1 Å². The SMILES string of the molecule is Cc1ccccc1-n1nccc1CN[C@@H]1CC(Cn2ccnc2)C[C@H]1O. The van der Waals surface area contributed by atoms with E-state index in [0.717, 1.165) is 30.8 Å². The van der Waals surface area contributed by atoms with Gasteiger partial charge in [0.25, 0.3) is 0 Å². The molecule has 1 aliphatic rings. The minimum atomic E-state index is -0.307. The molecule has 0 spiro atoms. The summed E-state index contributed by atoms with van der Waals surface area (Å²) in [5, 5.41) is 18.5. The van der Waals surface area contributed by atoms with Gasteiger partial charge in [-0.05, 0) is 43.4 Å². The Morgan fingerprint density at radius 3 is 2.88 bits per heavy atom. The van der Waals surface area contributed by atoms with Gasteiger partial charge in [-0.15, -0.1) is 0 Å². The van der Waals surface area contributed by atoms with Gasteiger partial charge in [-0.1, -0.05) is 18.2 Å². The molecule has 3 atom stereocenters. The van der Waals surface area contributed by atoms with Crippen LogP contribution in [0.15, 0.2) is 55.2 Å². The van der Waals surface area contributed by atoms with E-state index in [1.54, 1.807) is 6.20 Å². The van der Waals surface area contributed by atoms with Gasteiger partial charge >= 0.3 is 0 Å². The summed E-state index contributed by atoms with van der Waals surface area (Å²) in [5.41, 5.74) is 3.39. The maximum absolute atomic E-state index is 10.4. The van der Waals surface area contributed by atoms with Crippen molar-refractivity contribution in [2.75, 3.05) is 0 Å². The third-order valence-corrected chi connectivity index (χ3v) is 5.26. The lowest BCUT2D eigenvalue weighted by atomic mass is 10.1. The number of aryl methyl sites for hydroxylation is 1. The minimum Gasteiger partial charge on any atom is -0.391 e. The molecule has 4 rings (SSSR count). The Morgan fingerprint density at radius 2 is 2.08 bits per heavy atom. The summed E-state index contributed by atoms with van der Waals surface area (Å²) in [6, 6.07) is 10.4. The van der Waals surface area contributed by atoms with Crippen LogP contribution in [0.5, 0.6) is 0 Å². The Morgan fingerprint density at radius 1 is 1.19 bits per heavy atom. The van der Waals surface area contributed by atoms with Crippen molar-refractivity contribution in [3.05, 3.63) is 66.5 Å². The van der Waals surface area contributed by atoms with Gasteiger partial charge < -0.3 is 15.0 Å². The molecule has 6 heteroatoms. The summed E-state index contributed by atoms with van der Waals surface area (Å²) >= 11 is 0. The lowest BCUT2D eigenvalue weighted by molar-refractivity contribution is 0.145. The molecule has 2 N–H and O–H groups in total. The molecular weight excluding hydrogens is 326 g/mol. The van der Waals surface area contributed by atoms with Gasteiger partial charge in [-0.2, -0.15) is 5.10 Å². The van der Waals surface area contributed by atoms with Crippen molar-refractivity contribution >= 4 is 0 Å². The number of para-hydroxylation sites is 1. The average molecular weight is 351 g/mol. The molecule has 1 aliphatic carbocycles. The van der Waals surface area contributed by atoms with Crippen LogP contribution >= 0.6 is 0 Å². The standard InChI is InChI=1S/C20H25N5O/c1-15-4-2-3-5-19(15)25-17(6-7-23-25)12-22-18-10-16(11-20(18)26)13-24-9-8-21-14-24/h2-9,14,16,18,20,22,26H,10-13H2,1H3/t16?,18-,20-/m1/s1. The Hall–Kier alpha value is -2.44. The molecule has 0 aliphatic heterocycles. The van der Waals surface area contributed by atoms with E-state index in [2.05, 4.69) is 39.0 Å². The van der Waals surface area contributed by atoms with Crippen molar-refractivity contribution < 1.29 is 5.11 Å². The first-order chi connectivity index (χ1) is 12.7. The zero-order chi connectivity index (χ0) is 17.9. The Kier molecular flexibility index (Phi) is 4.86. The predicted molar refractivity (Wildman–Crippen MR) is 99.9 cm³/mol. The van der Waals surface area contributed by atoms with E-state index < -0.39 is 0 Å². The molecule has 6 nitrogen and oxygen atoms in total. The monoisotopic (exact) mass is 351 g/mol. The van der Waals surface area contributed by atoms with Gasteiger partial charge in [0, 0.05) is 37.7 Å². The van der Waals surface area contributed by atoms with E-state index in [-0.39, 0.29) is 12.1 Å². The number of aromatic nitrogens is 4. The van der Waals surface area contributed by atoms with Crippen molar-refractivity contribution in [3.8, 4) is 5.69 Å². The van der Waals surface area contributed by atoms with E-state index in [1.807, 2.05) is 41.6 Å². The van der Waals surface area contributed by atoms with Crippen LogP contribution in [0.1, 0.15) is 24.1 Å². The lowest BCUT2D eigenvalue weighted by Gasteiger charge is -2.17. The zero-order valence-electron chi connectivity index (χ0n) is 15.0. The number of hydrogen-bond acceptors (Lipinski definition) is 4. The molecule has 26 heavy (non-hydrogen) atoms. The number of aliphatic hydroxyl groups excluding tert-OH is 1. The Labute approximate surface area is 153 Å². The summed E-state index contributed by atoms with van der Waals surface area (Å²) < 4.78 is 4.07. The van der Waals surface area contributed by atoms with Crippen LogP contribution in [0.4, 0.5) is 0 Å². The second-order valence-electron chi connectivity index (χ2n) is 7.17. The summed E-state index contributed by atoms with van der Waals surface area (Å²) in [7, 11) is 0. The van der Waals surface area contributed by atoms with E-state index in [1.165, 1.54) is 5.56 Å². The largest absolute Gasteiger partial charge is 0.391 e. The first-order valence-electron chi connectivity index (χ1n) is 9.17. The Bertz CT molecular complexity index is 842. The highest BCUT2D eigenvalue weighted by Gasteiger charge is 2.32. The molecule has 1 fully saturated rings. The molecule has 0 radical (unpaired) electrons. The van der Waals surface area contributed by atoms with Gasteiger partial charge in [0.2, 0.25) is 0 Å². The van der Waals surface area contributed by atoms with Crippen LogP contribution in [0.25, 0.3) is 5.69 Å². The summed E-state index contributed by atoms with van der Waals surface area (Å²) in [6.45, 7) is 3.69. The number of aliphatic hydroxyl groups is 1. The van der Waals surface area contributed by atoms with E-state index in [4.69, 9.17) is 0 Å². The van der Waals surface area contributed by atoms with Gasteiger partial charge in [0.05, 0.1) is 23.8 Å². The number of benzene rings is 1. The second-order valence-corrected chi connectivity index (χ2v) is 7.17. The highest BCUT2D eigenvalue weighted by molar-refractivity contribution is 5.40. The van der Waals surface area contributed by atoms with Crippen molar-refractivity contribution in [1.29, 1.82) is 0 Å². The van der Waals surface area contributed by atoms with Crippen LogP contribution in [0.3, 0.4) is 0 Å². The first-order valence-corrected chi connectivity index (χ1v) is 9.17. The van der Waals surface area contributed by atoms with E-state index >= 15 is 0 Å². The molecule has 1 unspecified atom stereocenters. The fourth-order valence-electron chi connectivity index (χ4n) is 3.90. The first kappa shape index (κ1) is 17.0. The topological polar surface area (TPSA) is 67.9 Å². The van der Waals surface area contributed by atoms with Crippen LogP contribution < -0.4 is 5.32 Å². The minimum absolute atomic E-state index is 0.115. The molecule has 1 saturated carbocycles. The van der Waals surface area contributed by atoms with Gasteiger partial charge in [-0.3, -0.25) is 0 Å². The van der Waals surface area contributed by atoms with Gasteiger partial charge in [0.1, 0.15) is 0 Å². The van der Waals surface area contributed by atoms with Crippen LogP contribution in [0.2, 0.25) is 0 Å². The third kappa shape index (κ3) is 3.57. The van der Waals surface area contributed by atoms with Crippen LogP contribution in [-0.4, -0.2) is 36.6 Å². The normalized spacial score (nSPS) is 22.8. The molecule has 2 aromatic heterocycles. The molecule has 136 valence electrons. The van der Waals surface area contributed by atoms with Crippen molar-refractivity contribution in [2.45, 2.75) is 45.0 Å². The molecule has 0 amide bonds. The molecule has 2 heterocycles. The van der Waals surface area contributed by atoms with Crippen LogP contribution in [0, 0.1) is 12.8 Å². The maximum atomic E-state index is 10.4. The number of rotatable bonds is 6. The molecule has 3 aromatic rings. The molecule has 0 saturated heterocycles. The van der Waals surface area contributed by atoms with Crippen molar-refractivity contribution in [3.63, 3.8) is 0 Å². The third-order valence-electron chi connectivity index (χ3n) is 5.26. The predicted octanol–water partition coefficient (Wildman–Crippen LogP) is 2.31. The summed E-state index contributed by atoms with van der Waals surface area (Å²) in [5.74, 6) is 0.470. The fraction of sp³-hybridized carbons (Fsp3) is 0.400. The number of hydrogen-bond donors (Lipinski definition) is 2. The fourth-order valence-corrected chi connectivity index (χ4v) is 3.90. The van der Waals surface area contributed by atoms with E-state index in [0.29, 0.717) is 12.5 Å². The lowest BCUT2D eigenvalue weighted by Crippen LogP contribution is -2.35. The van der Waals surface area contributed by atoms with Crippen molar-refractivity contribution in [2.24, 2.45) is 5.92 Å². The van der Waals surface area contributed by atoms with E-state index in [9.17, 15) is 5.11 Å². The van der Waals surface area contributed by atoms with Crippen molar-refractivity contribution in [1.82, 2.24) is 24.6 Å². The smallest absolute Gasteiger partial charge is 0.0945 e. The van der Waals surface area contributed by atoms with Gasteiger partial charge in [0.15, 0.2) is 0 Å². The average Bonchev–Trinajstić information content (AvgIpc) is 3.36. The molecule has 0 bridgehead atoms. The quantitative estimate of drug-likeness (QED) is 0.715. The van der Waals surface area contributed by atoms with Gasteiger partial charge in [-0.25, -0.2) is 9.67 Å².